The fourth-order valence-corrected chi connectivity index (χ4v) is 2.37. The minimum atomic E-state index is 0.203. The molecule has 0 aliphatic rings. The summed E-state index contributed by atoms with van der Waals surface area (Å²) in [6, 6.07) is 12.7. The van der Waals surface area contributed by atoms with Crippen molar-refractivity contribution in [1.29, 1.82) is 0 Å². The summed E-state index contributed by atoms with van der Waals surface area (Å²) in [5.41, 5.74) is 2.17. The van der Waals surface area contributed by atoms with Crippen LogP contribution < -0.4 is 10.1 Å². The van der Waals surface area contributed by atoms with Crippen LogP contribution in [0.3, 0.4) is 0 Å². The molecule has 1 unspecified atom stereocenters. The van der Waals surface area contributed by atoms with Crippen molar-refractivity contribution in [2.75, 3.05) is 18.2 Å². The molecule has 1 heterocycles. The Morgan fingerprint density at radius 1 is 1.25 bits per heavy atom. The number of hydrogen-bond acceptors (Lipinski definition) is 4. The molecule has 0 fully saturated rings. The van der Waals surface area contributed by atoms with Gasteiger partial charge < -0.3 is 10.1 Å². The summed E-state index contributed by atoms with van der Waals surface area (Å²) in [6.45, 7) is 4.71. The third kappa shape index (κ3) is 3.67. The molecular weight excluding hydrogens is 268 g/mol. The van der Waals surface area contributed by atoms with Crippen molar-refractivity contribution < 1.29 is 4.74 Å². The second-order valence-corrected chi connectivity index (χ2v) is 5.31. The molecule has 0 aliphatic carbocycles. The Morgan fingerprint density at radius 2 is 2.00 bits per heavy atom. The normalized spacial score (nSPS) is 11.9. The van der Waals surface area contributed by atoms with E-state index in [1.807, 2.05) is 19.1 Å². The van der Waals surface area contributed by atoms with E-state index < -0.39 is 0 Å². The van der Waals surface area contributed by atoms with E-state index in [0.717, 1.165) is 5.69 Å². The van der Waals surface area contributed by atoms with E-state index in [1.54, 1.807) is 18.0 Å². The number of pyridine rings is 1. The molecule has 20 heavy (non-hydrogen) atoms. The zero-order valence-electron chi connectivity index (χ0n) is 12.1. The second kappa shape index (κ2) is 7.20. The van der Waals surface area contributed by atoms with Gasteiger partial charge in [-0.1, -0.05) is 12.1 Å². The van der Waals surface area contributed by atoms with Crippen molar-refractivity contribution in [2.45, 2.75) is 24.8 Å². The molecule has 2 aromatic rings. The van der Waals surface area contributed by atoms with Gasteiger partial charge in [0.05, 0.1) is 12.3 Å². The summed E-state index contributed by atoms with van der Waals surface area (Å²) in [5, 5.41) is 3.45. The SMILES string of the molecule is CCOc1ncccc1NC(C)c1ccc(SC)cc1. The van der Waals surface area contributed by atoms with Crippen LogP contribution in [0.15, 0.2) is 47.5 Å². The molecule has 1 aromatic heterocycles. The Hall–Kier alpha value is -1.68. The van der Waals surface area contributed by atoms with Gasteiger partial charge >= 0.3 is 0 Å². The summed E-state index contributed by atoms with van der Waals surface area (Å²) < 4.78 is 5.53. The summed E-state index contributed by atoms with van der Waals surface area (Å²) in [6.07, 6.45) is 3.83. The third-order valence-corrected chi connectivity index (χ3v) is 3.78. The van der Waals surface area contributed by atoms with Crippen LogP contribution in [0.5, 0.6) is 5.88 Å². The van der Waals surface area contributed by atoms with Crippen LogP contribution in [-0.2, 0) is 0 Å². The summed E-state index contributed by atoms with van der Waals surface area (Å²) >= 11 is 1.75. The quantitative estimate of drug-likeness (QED) is 0.800. The predicted octanol–water partition coefficient (Wildman–Crippen LogP) is 4.38. The van der Waals surface area contributed by atoms with Crippen LogP contribution in [-0.4, -0.2) is 17.8 Å². The molecule has 3 nitrogen and oxygen atoms in total. The van der Waals surface area contributed by atoms with Crippen LogP contribution in [0.2, 0.25) is 0 Å². The van der Waals surface area contributed by atoms with Crippen LogP contribution in [0.4, 0.5) is 5.69 Å². The highest BCUT2D eigenvalue weighted by Crippen LogP contribution is 2.26. The number of aromatic nitrogens is 1. The lowest BCUT2D eigenvalue weighted by Gasteiger charge is -2.17. The van der Waals surface area contributed by atoms with Gasteiger partial charge in [-0.05, 0) is 49.9 Å². The molecule has 0 spiro atoms. The van der Waals surface area contributed by atoms with Gasteiger partial charge in [0.1, 0.15) is 0 Å². The third-order valence-electron chi connectivity index (χ3n) is 3.04. The molecule has 1 N–H and O–H groups in total. The van der Waals surface area contributed by atoms with Crippen LogP contribution >= 0.6 is 11.8 Å². The molecule has 2 rings (SSSR count). The van der Waals surface area contributed by atoms with E-state index in [1.165, 1.54) is 10.5 Å². The molecule has 0 aliphatic heterocycles. The van der Waals surface area contributed by atoms with E-state index >= 15 is 0 Å². The van der Waals surface area contributed by atoms with Gasteiger partial charge in [0.2, 0.25) is 5.88 Å². The lowest BCUT2D eigenvalue weighted by Crippen LogP contribution is -2.08. The van der Waals surface area contributed by atoms with Gasteiger partial charge in [0.25, 0.3) is 0 Å². The van der Waals surface area contributed by atoms with Crippen LogP contribution in [0, 0.1) is 0 Å². The highest BCUT2D eigenvalue weighted by molar-refractivity contribution is 7.98. The number of hydrogen-bond donors (Lipinski definition) is 1. The van der Waals surface area contributed by atoms with E-state index in [2.05, 4.69) is 47.7 Å². The average Bonchev–Trinajstić information content (AvgIpc) is 2.49. The number of rotatable bonds is 6. The molecule has 0 saturated heterocycles. The first-order valence-electron chi connectivity index (χ1n) is 6.73. The van der Waals surface area contributed by atoms with Crippen molar-refractivity contribution in [2.24, 2.45) is 0 Å². The second-order valence-electron chi connectivity index (χ2n) is 4.43. The molecule has 1 aromatic carbocycles. The van der Waals surface area contributed by atoms with Gasteiger partial charge in [-0.3, -0.25) is 0 Å². The molecule has 0 bridgehead atoms. The highest BCUT2D eigenvalue weighted by atomic mass is 32.2. The van der Waals surface area contributed by atoms with E-state index in [9.17, 15) is 0 Å². The van der Waals surface area contributed by atoms with Crippen molar-refractivity contribution in [1.82, 2.24) is 4.98 Å². The highest BCUT2D eigenvalue weighted by Gasteiger charge is 2.09. The van der Waals surface area contributed by atoms with Crippen molar-refractivity contribution in [3.63, 3.8) is 0 Å². The first-order valence-corrected chi connectivity index (χ1v) is 7.95. The van der Waals surface area contributed by atoms with Crippen molar-refractivity contribution in [3.8, 4) is 5.88 Å². The largest absolute Gasteiger partial charge is 0.476 e. The summed E-state index contributed by atoms with van der Waals surface area (Å²) in [7, 11) is 0. The fourth-order valence-electron chi connectivity index (χ4n) is 1.96. The number of benzene rings is 1. The topological polar surface area (TPSA) is 34.1 Å². The van der Waals surface area contributed by atoms with Gasteiger partial charge in [-0.25, -0.2) is 4.98 Å². The number of nitrogens with one attached hydrogen (secondary N) is 1. The van der Waals surface area contributed by atoms with E-state index in [4.69, 9.17) is 4.74 Å². The summed E-state index contributed by atoms with van der Waals surface area (Å²) in [5.74, 6) is 0.655. The monoisotopic (exact) mass is 288 g/mol. The van der Waals surface area contributed by atoms with E-state index in [0.29, 0.717) is 12.5 Å². The van der Waals surface area contributed by atoms with Crippen LogP contribution in [0.1, 0.15) is 25.5 Å². The van der Waals surface area contributed by atoms with Gasteiger partial charge in [0.15, 0.2) is 0 Å². The molecule has 4 heteroatoms. The Morgan fingerprint density at radius 3 is 2.65 bits per heavy atom. The molecular formula is C16H20N2OS. The average molecular weight is 288 g/mol. The number of thioether (sulfide) groups is 1. The smallest absolute Gasteiger partial charge is 0.237 e. The lowest BCUT2D eigenvalue weighted by atomic mass is 10.1. The van der Waals surface area contributed by atoms with E-state index in [-0.39, 0.29) is 6.04 Å². The summed E-state index contributed by atoms with van der Waals surface area (Å²) in [4.78, 5) is 5.53. The predicted molar refractivity (Wildman–Crippen MR) is 85.7 cm³/mol. The number of nitrogens with zero attached hydrogens (tertiary/aromatic N) is 1. The Labute approximate surface area is 124 Å². The van der Waals surface area contributed by atoms with Crippen LogP contribution in [0.25, 0.3) is 0 Å². The maximum Gasteiger partial charge on any atom is 0.237 e. The minimum absolute atomic E-state index is 0.203. The zero-order valence-corrected chi connectivity index (χ0v) is 12.9. The Balaban J connectivity index is 2.12. The molecule has 0 radical (unpaired) electrons. The maximum atomic E-state index is 5.53. The molecule has 0 amide bonds. The minimum Gasteiger partial charge on any atom is -0.476 e. The standard InChI is InChI=1S/C16H20N2OS/c1-4-19-16-15(6-5-11-17-16)18-12(2)13-7-9-14(20-3)10-8-13/h5-12,18H,4H2,1-3H3. The zero-order chi connectivity index (χ0) is 14.4. The first-order chi connectivity index (χ1) is 9.74. The van der Waals surface area contributed by atoms with Crippen molar-refractivity contribution >= 4 is 17.4 Å². The fraction of sp³-hybridized carbons (Fsp3) is 0.312. The van der Waals surface area contributed by atoms with Gasteiger partial charge in [-0.15, -0.1) is 11.8 Å². The maximum absolute atomic E-state index is 5.53. The Kier molecular flexibility index (Phi) is 5.30. The van der Waals surface area contributed by atoms with Gasteiger partial charge in [0, 0.05) is 17.1 Å². The number of ether oxygens (including phenoxy) is 1. The molecule has 1 atom stereocenters. The molecule has 0 saturated carbocycles. The first kappa shape index (κ1) is 14.7. The Bertz CT molecular complexity index is 542. The number of anilines is 1. The lowest BCUT2D eigenvalue weighted by molar-refractivity contribution is 0.328. The van der Waals surface area contributed by atoms with Crippen molar-refractivity contribution in [3.05, 3.63) is 48.2 Å². The molecule has 106 valence electrons. The van der Waals surface area contributed by atoms with Gasteiger partial charge in [-0.2, -0.15) is 0 Å².